The van der Waals surface area contributed by atoms with Gasteiger partial charge in [-0.15, -0.1) is 0 Å². The van der Waals surface area contributed by atoms with Crippen LogP contribution in [0.3, 0.4) is 0 Å². The van der Waals surface area contributed by atoms with E-state index < -0.39 is 0 Å². The molecule has 0 aromatic heterocycles. The molecule has 3 rings (SSSR count). The molecule has 2 unspecified atom stereocenters. The lowest BCUT2D eigenvalue weighted by molar-refractivity contribution is -0.191. The highest BCUT2D eigenvalue weighted by Crippen LogP contribution is 2.39. The molecule has 0 radical (unpaired) electrons. The summed E-state index contributed by atoms with van der Waals surface area (Å²) in [6, 6.07) is 0.699. The van der Waals surface area contributed by atoms with E-state index in [4.69, 9.17) is 15.2 Å². The summed E-state index contributed by atoms with van der Waals surface area (Å²) in [5.41, 5.74) is 6.90. The summed E-state index contributed by atoms with van der Waals surface area (Å²) in [4.78, 5) is 2.62. The van der Waals surface area contributed by atoms with E-state index in [9.17, 15) is 0 Å². The summed E-state index contributed by atoms with van der Waals surface area (Å²) in [6.45, 7) is 8.62. The molecule has 2 heterocycles. The van der Waals surface area contributed by atoms with Crippen molar-refractivity contribution in [2.75, 3.05) is 26.3 Å². The maximum absolute atomic E-state index is 6.43. The smallest absolute Gasteiger partial charge is 0.170 e. The van der Waals surface area contributed by atoms with Gasteiger partial charge in [0.25, 0.3) is 0 Å². The molecule has 4 heteroatoms. The Morgan fingerprint density at radius 1 is 1.05 bits per heavy atom. The van der Waals surface area contributed by atoms with Gasteiger partial charge in [-0.1, -0.05) is 13.8 Å². The number of nitrogens with two attached hydrogens (primary N) is 1. The van der Waals surface area contributed by atoms with Crippen LogP contribution in [-0.4, -0.2) is 49.1 Å². The third kappa shape index (κ3) is 3.03. The van der Waals surface area contributed by atoms with Crippen LogP contribution in [0.4, 0.5) is 0 Å². The standard InChI is InChI=1S/C16H30N2O2/c1-15(2)5-3-8-18(9-7-15)14-12-16(6-4-13(14)17)19-10-11-20-16/h13-14H,3-12,17H2,1-2H3. The van der Waals surface area contributed by atoms with E-state index in [0.29, 0.717) is 11.5 Å². The van der Waals surface area contributed by atoms with Gasteiger partial charge in [0, 0.05) is 24.9 Å². The minimum Gasteiger partial charge on any atom is -0.347 e. The normalized spacial score (nSPS) is 38.0. The fourth-order valence-corrected chi connectivity index (χ4v) is 4.09. The van der Waals surface area contributed by atoms with Crippen molar-refractivity contribution < 1.29 is 9.47 Å². The Labute approximate surface area is 123 Å². The molecule has 3 fully saturated rings. The van der Waals surface area contributed by atoms with E-state index >= 15 is 0 Å². The molecular formula is C16H30N2O2. The summed E-state index contributed by atoms with van der Waals surface area (Å²) >= 11 is 0. The number of hydrogen-bond donors (Lipinski definition) is 1. The van der Waals surface area contributed by atoms with Gasteiger partial charge in [-0.05, 0) is 44.2 Å². The second kappa shape index (κ2) is 5.56. The zero-order valence-corrected chi connectivity index (χ0v) is 13.1. The molecule has 0 aromatic carbocycles. The molecule has 0 bridgehead atoms. The molecular weight excluding hydrogens is 252 g/mol. The maximum atomic E-state index is 6.43. The van der Waals surface area contributed by atoms with E-state index in [2.05, 4.69) is 18.7 Å². The predicted octanol–water partition coefficient (Wildman–Crippen LogP) is 2.12. The Kier molecular flexibility index (Phi) is 4.10. The van der Waals surface area contributed by atoms with Gasteiger partial charge in [-0.25, -0.2) is 0 Å². The number of hydrogen-bond acceptors (Lipinski definition) is 4. The van der Waals surface area contributed by atoms with Gasteiger partial charge in [-0.2, -0.15) is 0 Å². The van der Waals surface area contributed by atoms with E-state index in [1.54, 1.807) is 0 Å². The van der Waals surface area contributed by atoms with Crippen molar-refractivity contribution in [3.05, 3.63) is 0 Å². The summed E-state index contributed by atoms with van der Waals surface area (Å²) in [5.74, 6) is -0.317. The topological polar surface area (TPSA) is 47.7 Å². The van der Waals surface area contributed by atoms with Gasteiger partial charge in [0.2, 0.25) is 0 Å². The van der Waals surface area contributed by atoms with Gasteiger partial charge < -0.3 is 15.2 Å². The zero-order valence-electron chi connectivity index (χ0n) is 13.1. The molecule has 2 atom stereocenters. The van der Waals surface area contributed by atoms with Gasteiger partial charge in [0.1, 0.15) is 0 Å². The first kappa shape index (κ1) is 14.8. The summed E-state index contributed by atoms with van der Waals surface area (Å²) < 4.78 is 11.8. The van der Waals surface area contributed by atoms with Crippen LogP contribution < -0.4 is 5.73 Å². The molecule has 2 saturated heterocycles. The molecule has 2 aliphatic heterocycles. The fraction of sp³-hybridized carbons (Fsp3) is 1.00. The molecule has 1 saturated carbocycles. The summed E-state index contributed by atoms with van der Waals surface area (Å²) in [6.07, 6.45) is 6.81. The summed E-state index contributed by atoms with van der Waals surface area (Å²) in [7, 11) is 0. The lowest BCUT2D eigenvalue weighted by Gasteiger charge is -2.44. The zero-order chi connectivity index (χ0) is 14.2. The monoisotopic (exact) mass is 282 g/mol. The highest BCUT2D eigenvalue weighted by molar-refractivity contribution is 4.96. The lowest BCUT2D eigenvalue weighted by Crippen LogP contribution is -2.56. The SMILES string of the molecule is CC1(C)CCCN(C2CC3(CCC2N)OCCO3)CC1. The van der Waals surface area contributed by atoms with Crippen LogP contribution in [0.2, 0.25) is 0 Å². The second-order valence-electron chi connectivity index (χ2n) is 7.64. The van der Waals surface area contributed by atoms with Crippen molar-refractivity contribution >= 4 is 0 Å². The minimum absolute atomic E-state index is 0.273. The fourth-order valence-electron chi connectivity index (χ4n) is 4.09. The average Bonchev–Trinajstić information content (AvgIpc) is 2.77. The average molecular weight is 282 g/mol. The van der Waals surface area contributed by atoms with Crippen molar-refractivity contribution in [3.63, 3.8) is 0 Å². The number of rotatable bonds is 1. The molecule has 2 N–H and O–H groups in total. The molecule has 1 aliphatic carbocycles. The van der Waals surface area contributed by atoms with Gasteiger partial charge in [0.15, 0.2) is 5.79 Å². The van der Waals surface area contributed by atoms with Crippen molar-refractivity contribution in [1.82, 2.24) is 4.90 Å². The third-order valence-electron chi connectivity index (χ3n) is 5.53. The molecule has 0 aromatic rings. The second-order valence-corrected chi connectivity index (χ2v) is 7.64. The molecule has 20 heavy (non-hydrogen) atoms. The Hall–Kier alpha value is -0.160. The van der Waals surface area contributed by atoms with E-state index in [1.165, 1.54) is 32.4 Å². The highest BCUT2D eigenvalue weighted by Gasteiger charge is 2.46. The van der Waals surface area contributed by atoms with Crippen molar-refractivity contribution in [2.24, 2.45) is 11.1 Å². The van der Waals surface area contributed by atoms with Gasteiger partial charge in [0.05, 0.1) is 13.2 Å². The molecule has 3 aliphatic rings. The lowest BCUT2D eigenvalue weighted by atomic mass is 9.84. The minimum atomic E-state index is -0.317. The number of ether oxygens (including phenoxy) is 2. The van der Waals surface area contributed by atoms with E-state index in [-0.39, 0.29) is 11.8 Å². The number of likely N-dealkylation sites (tertiary alicyclic amines) is 1. The first-order valence-corrected chi connectivity index (χ1v) is 8.27. The van der Waals surface area contributed by atoms with E-state index in [0.717, 1.165) is 32.5 Å². The molecule has 1 spiro atoms. The van der Waals surface area contributed by atoms with Gasteiger partial charge >= 0.3 is 0 Å². The van der Waals surface area contributed by atoms with Crippen LogP contribution in [0.1, 0.15) is 52.4 Å². The highest BCUT2D eigenvalue weighted by atomic mass is 16.7. The van der Waals surface area contributed by atoms with Crippen LogP contribution in [0.25, 0.3) is 0 Å². The van der Waals surface area contributed by atoms with Crippen LogP contribution in [0.5, 0.6) is 0 Å². The van der Waals surface area contributed by atoms with Crippen LogP contribution in [-0.2, 0) is 9.47 Å². The maximum Gasteiger partial charge on any atom is 0.170 e. The largest absolute Gasteiger partial charge is 0.347 e. The van der Waals surface area contributed by atoms with Crippen LogP contribution in [0, 0.1) is 5.41 Å². The third-order valence-corrected chi connectivity index (χ3v) is 5.53. The first-order valence-electron chi connectivity index (χ1n) is 8.27. The molecule has 116 valence electrons. The number of nitrogens with zero attached hydrogens (tertiary/aromatic N) is 1. The Balaban J connectivity index is 1.67. The molecule has 4 nitrogen and oxygen atoms in total. The van der Waals surface area contributed by atoms with Crippen molar-refractivity contribution in [3.8, 4) is 0 Å². The predicted molar refractivity (Wildman–Crippen MR) is 79.5 cm³/mol. The van der Waals surface area contributed by atoms with Crippen molar-refractivity contribution in [2.45, 2.75) is 70.2 Å². The Morgan fingerprint density at radius 2 is 1.80 bits per heavy atom. The van der Waals surface area contributed by atoms with Crippen LogP contribution in [0.15, 0.2) is 0 Å². The first-order chi connectivity index (χ1) is 9.50. The van der Waals surface area contributed by atoms with Crippen LogP contribution >= 0.6 is 0 Å². The van der Waals surface area contributed by atoms with Crippen molar-refractivity contribution in [1.29, 1.82) is 0 Å². The Morgan fingerprint density at radius 3 is 2.55 bits per heavy atom. The quantitative estimate of drug-likeness (QED) is 0.800. The van der Waals surface area contributed by atoms with E-state index in [1.807, 2.05) is 0 Å². The molecule has 0 amide bonds. The van der Waals surface area contributed by atoms with Gasteiger partial charge in [-0.3, -0.25) is 4.90 Å². The summed E-state index contributed by atoms with van der Waals surface area (Å²) in [5, 5.41) is 0. The Bertz CT molecular complexity index is 339.